The van der Waals surface area contributed by atoms with E-state index in [-0.39, 0.29) is 11.9 Å². The number of hydrogen-bond acceptors (Lipinski definition) is 3. The van der Waals surface area contributed by atoms with Crippen LogP contribution < -0.4 is 5.32 Å². The molecule has 0 aliphatic carbocycles. The van der Waals surface area contributed by atoms with E-state index >= 15 is 0 Å². The van der Waals surface area contributed by atoms with Crippen LogP contribution in [0.15, 0.2) is 36.5 Å². The largest absolute Gasteiger partial charge is 0.444 e. The van der Waals surface area contributed by atoms with E-state index in [1.807, 2.05) is 39.8 Å². The Morgan fingerprint density at radius 3 is 2.50 bits per heavy atom. The summed E-state index contributed by atoms with van der Waals surface area (Å²) in [7, 11) is 0. The molecule has 2 rings (SSSR count). The maximum absolute atomic E-state index is 13.4. The van der Waals surface area contributed by atoms with Crippen LogP contribution in [-0.2, 0) is 4.74 Å². The van der Waals surface area contributed by atoms with E-state index in [0.717, 1.165) is 16.8 Å². The Bertz CT molecular complexity index is 721. The molecule has 4 nitrogen and oxygen atoms in total. The molecule has 0 spiro atoms. The predicted octanol–water partition coefficient (Wildman–Crippen LogP) is 4.78. The van der Waals surface area contributed by atoms with Crippen molar-refractivity contribution in [2.75, 3.05) is 0 Å². The zero-order chi connectivity index (χ0) is 17.9. The van der Waals surface area contributed by atoms with Crippen molar-refractivity contribution in [3.05, 3.63) is 53.5 Å². The lowest BCUT2D eigenvalue weighted by Crippen LogP contribution is -2.34. The predicted molar refractivity (Wildman–Crippen MR) is 92.2 cm³/mol. The number of carbonyl (C=O) groups is 1. The Balaban J connectivity index is 2.08. The van der Waals surface area contributed by atoms with Crippen LogP contribution in [0.3, 0.4) is 0 Å². The summed E-state index contributed by atoms with van der Waals surface area (Å²) in [4.78, 5) is 16.2. The van der Waals surface area contributed by atoms with Crippen molar-refractivity contribution < 1.29 is 13.9 Å². The van der Waals surface area contributed by atoms with Crippen molar-refractivity contribution in [3.63, 3.8) is 0 Å². The van der Waals surface area contributed by atoms with Crippen molar-refractivity contribution in [2.45, 2.75) is 46.3 Å². The van der Waals surface area contributed by atoms with Crippen molar-refractivity contribution in [1.29, 1.82) is 0 Å². The molecule has 0 saturated heterocycles. The number of nitrogens with zero attached hydrogens (tertiary/aromatic N) is 1. The highest BCUT2D eigenvalue weighted by Crippen LogP contribution is 2.22. The van der Waals surface area contributed by atoms with Gasteiger partial charge < -0.3 is 10.1 Å². The molecule has 0 aliphatic rings. The van der Waals surface area contributed by atoms with Gasteiger partial charge in [0.15, 0.2) is 0 Å². The highest BCUT2D eigenvalue weighted by Gasteiger charge is 2.18. The minimum atomic E-state index is -0.535. The molecule has 0 saturated carbocycles. The third-order valence-electron chi connectivity index (χ3n) is 3.47. The highest BCUT2D eigenvalue weighted by molar-refractivity contribution is 5.68. The second-order valence-corrected chi connectivity index (χ2v) is 6.81. The minimum Gasteiger partial charge on any atom is -0.444 e. The Morgan fingerprint density at radius 1 is 1.25 bits per heavy atom. The summed E-state index contributed by atoms with van der Waals surface area (Å²) in [6.45, 7) is 9.04. The van der Waals surface area contributed by atoms with E-state index < -0.39 is 11.7 Å². The zero-order valence-electron chi connectivity index (χ0n) is 14.7. The molecule has 2 aromatic rings. The van der Waals surface area contributed by atoms with Gasteiger partial charge in [0.05, 0.1) is 11.7 Å². The molecule has 1 amide bonds. The van der Waals surface area contributed by atoms with Gasteiger partial charge in [-0.3, -0.25) is 4.98 Å². The van der Waals surface area contributed by atoms with E-state index in [1.165, 1.54) is 6.07 Å². The summed E-state index contributed by atoms with van der Waals surface area (Å²) < 4.78 is 18.6. The van der Waals surface area contributed by atoms with Gasteiger partial charge in [0, 0.05) is 11.8 Å². The Labute approximate surface area is 142 Å². The lowest BCUT2D eigenvalue weighted by molar-refractivity contribution is 0.0508. The Morgan fingerprint density at radius 2 is 1.96 bits per heavy atom. The van der Waals surface area contributed by atoms with Crippen molar-refractivity contribution >= 4 is 6.09 Å². The van der Waals surface area contributed by atoms with E-state index in [0.29, 0.717) is 5.56 Å². The molecule has 0 unspecified atom stereocenters. The Hall–Kier alpha value is -2.43. The second-order valence-electron chi connectivity index (χ2n) is 6.81. The summed E-state index contributed by atoms with van der Waals surface area (Å²) in [6, 6.07) is 8.42. The number of aryl methyl sites for hydroxylation is 1. The average Bonchev–Trinajstić information content (AvgIpc) is 2.48. The van der Waals surface area contributed by atoms with Crippen LogP contribution in [0.2, 0.25) is 0 Å². The van der Waals surface area contributed by atoms with Crippen LogP contribution in [0.5, 0.6) is 0 Å². The van der Waals surface area contributed by atoms with E-state index in [1.54, 1.807) is 25.3 Å². The summed E-state index contributed by atoms with van der Waals surface area (Å²) >= 11 is 0. The van der Waals surface area contributed by atoms with Gasteiger partial charge in [0.1, 0.15) is 11.4 Å². The molecule has 1 heterocycles. The fourth-order valence-corrected chi connectivity index (χ4v) is 2.20. The number of nitrogens with one attached hydrogen (secondary N) is 1. The van der Waals surface area contributed by atoms with Gasteiger partial charge in [-0.25, -0.2) is 9.18 Å². The summed E-state index contributed by atoms with van der Waals surface area (Å²) in [5, 5.41) is 2.78. The van der Waals surface area contributed by atoms with Gasteiger partial charge in [-0.1, -0.05) is 6.07 Å². The third kappa shape index (κ3) is 4.78. The molecule has 0 bridgehead atoms. The van der Waals surface area contributed by atoms with Crippen LogP contribution in [0.25, 0.3) is 11.3 Å². The van der Waals surface area contributed by atoms with Gasteiger partial charge in [-0.05, 0) is 70.0 Å². The van der Waals surface area contributed by atoms with Crippen LogP contribution in [-0.4, -0.2) is 16.7 Å². The smallest absolute Gasteiger partial charge is 0.408 e. The molecule has 1 atom stereocenters. The molecule has 24 heavy (non-hydrogen) atoms. The van der Waals surface area contributed by atoms with Gasteiger partial charge >= 0.3 is 6.09 Å². The van der Waals surface area contributed by atoms with Crippen molar-refractivity contribution in [1.82, 2.24) is 10.3 Å². The second kappa shape index (κ2) is 6.99. The van der Waals surface area contributed by atoms with Crippen LogP contribution in [0, 0.1) is 12.7 Å². The van der Waals surface area contributed by atoms with Crippen molar-refractivity contribution in [2.24, 2.45) is 0 Å². The SMILES string of the molecule is Cc1cc(-c2ccc([C@H](C)NC(=O)OC(C)(C)C)cn2)ccc1F. The fraction of sp³-hybridized carbons (Fsp3) is 0.368. The van der Waals surface area contributed by atoms with E-state index in [4.69, 9.17) is 4.74 Å². The molecule has 0 aliphatic heterocycles. The molecule has 1 aromatic carbocycles. The lowest BCUT2D eigenvalue weighted by Gasteiger charge is -2.22. The molecule has 1 N–H and O–H groups in total. The normalized spacial score (nSPS) is 12.6. The average molecular weight is 330 g/mol. The molecule has 0 radical (unpaired) electrons. The first kappa shape index (κ1) is 17.9. The molecular formula is C19H23FN2O2. The number of hydrogen-bond donors (Lipinski definition) is 1. The van der Waals surface area contributed by atoms with Crippen molar-refractivity contribution in [3.8, 4) is 11.3 Å². The van der Waals surface area contributed by atoms with E-state index in [2.05, 4.69) is 10.3 Å². The highest BCUT2D eigenvalue weighted by atomic mass is 19.1. The maximum atomic E-state index is 13.4. The number of halogens is 1. The number of ether oxygens (including phenoxy) is 1. The van der Waals surface area contributed by atoms with Crippen LogP contribution in [0.1, 0.15) is 44.9 Å². The molecule has 1 aromatic heterocycles. The maximum Gasteiger partial charge on any atom is 0.408 e. The number of amides is 1. The van der Waals surface area contributed by atoms with Gasteiger partial charge in [0.25, 0.3) is 0 Å². The van der Waals surface area contributed by atoms with E-state index in [9.17, 15) is 9.18 Å². The van der Waals surface area contributed by atoms with Gasteiger partial charge in [0.2, 0.25) is 0 Å². The monoisotopic (exact) mass is 330 g/mol. The summed E-state index contributed by atoms with van der Waals surface area (Å²) in [6.07, 6.45) is 1.24. The summed E-state index contributed by atoms with van der Waals surface area (Å²) in [5.41, 5.74) is 2.52. The number of carbonyl (C=O) groups excluding carboxylic acids is 1. The van der Waals surface area contributed by atoms with Gasteiger partial charge in [-0.2, -0.15) is 0 Å². The third-order valence-corrected chi connectivity index (χ3v) is 3.47. The number of rotatable bonds is 3. The number of alkyl carbamates (subject to hydrolysis) is 1. The molecule has 5 heteroatoms. The number of pyridine rings is 1. The van der Waals surface area contributed by atoms with Crippen LogP contribution in [0.4, 0.5) is 9.18 Å². The minimum absolute atomic E-state index is 0.226. The first-order valence-corrected chi connectivity index (χ1v) is 7.88. The summed E-state index contributed by atoms with van der Waals surface area (Å²) in [5.74, 6) is -0.231. The fourth-order valence-electron chi connectivity index (χ4n) is 2.20. The number of benzene rings is 1. The first-order valence-electron chi connectivity index (χ1n) is 7.88. The quantitative estimate of drug-likeness (QED) is 0.881. The molecule has 128 valence electrons. The molecule has 0 fully saturated rings. The zero-order valence-corrected chi connectivity index (χ0v) is 14.7. The number of aromatic nitrogens is 1. The first-order chi connectivity index (χ1) is 11.2. The van der Waals surface area contributed by atoms with Gasteiger partial charge in [-0.15, -0.1) is 0 Å². The standard InChI is InChI=1S/C19H23FN2O2/c1-12-10-14(6-8-16(12)20)17-9-7-15(11-21-17)13(2)22-18(23)24-19(3,4)5/h6-11,13H,1-5H3,(H,22,23)/t13-/m0/s1. The molecular weight excluding hydrogens is 307 g/mol. The topological polar surface area (TPSA) is 51.2 Å². The lowest BCUT2D eigenvalue weighted by atomic mass is 10.1. The van der Waals surface area contributed by atoms with Crippen LogP contribution >= 0.6 is 0 Å². The Kier molecular flexibility index (Phi) is 5.22.